The molecule has 3 rings (SSSR count). The Kier molecular flexibility index (Phi) is 6.55. The van der Waals surface area contributed by atoms with E-state index < -0.39 is 0 Å². The van der Waals surface area contributed by atoms with Crippen molar-refractivity contribution < 1.29 is 0 Å². The summed E-state index contributed by atoms with van der Waals surface area (Å²) in [6.45, 7) is 8.31. The van der Waals surface area contributed by atoms with Crippen LogP contribution in [0.1, 0.15) is 32.5 Å². The number of hydrogen-bond acceptors (Lipinski definition) is 4. The van der Waals surface area contributed by atoms with Gasteiger partial charge in [0.15, 0.2) is 11.6 Å². The summed E-state index contributed by atoms with van der Waals surface area (Å²) in [7, 11) is 0. The Labute approximate surface area is 154 Å². The summed E-state index contributed by atoms with van der Waals surface area (Å²) in [6, 6.07) is 5.98. The van der Waals surface area contributed by atoms with E-state index in [9.17, 15) is 0 Å². The first kappa shape index (κ1) is 18.0. The third-order valence-electron chi connectivity index (χ3n) is 4.43. The summed E-state index contributed by atoms with van der Waals surface area (Å²) in [6.07, 6.45) is 5.11. The fourth-order valence-electron chi connectivity index (χ4n) is 3.07. The highest BCUT2D eigenvalue weighted by molar-refractivity contribution is 8.00. The second kappa shape index (κ2) is 9.08. The summed E-state index contributed by atoms with van der Waals surface area (Å²) in [5.41, 5.74) is 0.908. The van der Waals surface area contributed by atoms with Gasteiger partial charge in [-0.15, -0.1) is 10.2 Å². The van der Waals surface area contributed by atoms with Gasteiger partial charge in [-0.2, -0.15) is 11.8 Å². The lowest BCUT2D eigenvalue weighted by atomic mass is 10.3. The number of aryl methyl sites for hydroxylation is 1. The third-order valence-corrected chi connectivity index (χ3v) is 5.81. The van der Waals surface area contributed by atoms with Crippen LogP contribution in [0, 0.1) is 0 Å². The number of aromatic nitrogens is 3. The highest BCUT2D eigenvalue weighted by atomic mass is 32.2. The van der Waals surface area contributed by atoms with E-state index in [1.54, 1.807) is 0 Å². The number of thioether (sulfide) groups is 1. The van der Waals surface area contributed by atoms with Crippen LogP contribution in [-0.4, -0.2) is 62.6 Å². The molecule has 1 atom stereocenters. The summed E-state index contributed by atoms with van der Waals surface area (Å²) in [5.74, 6) is 3.26. The number of aliphatic imine (C=N–C) groups is 1. The molecule has 0 aliphatic carbocycles. The van der Waals surface area contributed by atoms with Crippen LogP contribution < -0.4 is 5.32 Å². The molecule has 0 radical (unpaired) electrons. The molecular weight excluding hydrogens is 332 g/mol. The van der Waals surface area contributed by atoms with Crippen LogP contribution in [-0.2, 0) is 6.42 Å². The number of pyridine rings is 1. The second-order valence-electron chi connectivity index (χ2n) is 6.23. The average molecular weight is 361 g/mol. The van der Waals surface area contributed by atoms with Gasteiger partial charge in [0.1, 0.15) is 5.82 Å². The van der Waals surface area contributed by atoms with Crippen molar-refractivity contribution in [3.63, 3.8) is 0 Å². The van der Waals surface area contributed by atoms with Crippen molar-refractivity contribution in [1.82, 2.24) is 24.8 Å². The lowest BCUT2D eigenvalue weighted by molar-refractivity contribution is 0.408. The highest BCUT2D eigenvalue weighted by Crippen LogP contribution is 2.21. The van der Waals surface area contributed by atoms with Gasteiger partial charge in [-0.1, -0.05) is 13.0 Å². The molecule has 0 aromatic carbocycles. The maximum Gasteiger partial charge on any atom is 0.193 e. The SMILES string of the molecule is CCNC(=NCCCc1nnc2ccccn12)N1CCSC(CC)C1. The molecule has 6 nitrogen and oxygen atoms in total. The predicted molar refractivity (Wildman–Crippen MR) is 105 cm³/mol. The lowest BCUT2D eigenvalue weighted by Crippen LogP contribution is -2.48. The molecule has 1 fully saturated rings. The van der Waals surface area contributed by atoms with Gasteiger partial charge in [0.05, 0.1) is 0 Å². The average Bonchev–Trinajstić information content (AvgIpc) is 3.07. The van der Waals surface area contributed by atoms with Crippen LogP contribution in [0.2, 0.25) is 0 Å². The Morgan fingerprint density at radius 3 is 3.12 bits per heavy atom. The van der Waals surface area contributed by atoms with E-state index >= 15 is 0 Å². The summed E-state index contributed by atoms with van der Waals surface area (Å²) >= 11 is 2.09. The molecule has 0 spiro atoms. The van der Waals surface area contributed by atoms with Crippen LogP contribution in [0.5, 0.6) is 0 Å². The van der Waals surface area contributed by atoms with E-state index in [1.165, 1.54) is 12.2 Å². The van der Waals surface area contributed by atoms with E-state index in [4.69, 9.17) is 4.99 Å². The predicted octanol–water partition coefficient (Wildman–Crippen LogP) is 2.45. The molecule has 25 heavy (non-hydrogen) atoms. The molecular formula is C18H28N6S. The monoisotopic (exact) mass is 360 g/mol. The molecule has 2 aromatic heterocycles. The van der Waals surface area contributed by atoms with Gasteiger partial charge >= 0.3 is 0 Å². The maximum absolute atomic E-state index is 4.85. The van der Waals surface area contributed by atoms with Crippen LogP contribution >= 0.6 is 11.8 Å². The molecule has 1 unspecified atom stereocenters. The lowest BCUT2D eigenvalue weighted by Gasteiger charge is -2.34. The van der Waals surface area contributed by atoms with Gasteiger partial charge < -0.3 is 10.2 Å². The van der Waals surface area contributed by atoms with Gasteiger partial charge in [0, 0.05) is 49.8 Å². The minimum atomic E-state index is 0.722. The molecule has 1 aliphatic heterocycles. The van der Waals surface area contributed by atoms with Crippen molar-refractivity contribution in [3.05, 3.63) is 30.2 Å². The molecule has 3 heterocycles. The van der Waals surface area contributed by atoms with Crippen LogP contribution in [0.4, 0.5) is 0 Å². The van der Waals surface area contributed by atoms with Gasteiger partial charge in [-0.3, -0.25) is 9.39 Å². The molecule has 0 saturated carbocycles. The molecule has 0 amide bonds. The highest BCUT2D eigenvalue weighted by Gasteiger charge is 2.21. The number of rotatable bonds is 6. The minimum Gasteiger partial charge on any atom is -0.357 e. The zero-order valence-electron chi connectivity index (χ0n) is 15.2. The fourth-order valence-corrected chi connectivity index (χ4v) is 4.25. The Hall–Kier alpha value is -1.76. The molecule has 1 aliphatic rings. The number of fused-ring (bicyclic) bond motifs is 1. The van der Waals surface area contributed by atoms with Gasteiger partial charge in [-0.05, 0) is 31.9 Å². The molecule has 2 aromatic rings. The Morgan fingerprint density at radius 2 is 2.28 bits per heavy atom. The number of nitrogens with zero attached hydrogens (tertiary/aromatic N) is 5. The Morgan fingerprint density at radius 1 is 1.36 bits per heavy atom. The first-order valence-corrected chi connectivity index (χ1v) is 10.3. The first-order chi connectivity index (χ1) is 12.3. The third kappa shape index (κ3) is 4.66. The summed E-state index contributed by atoms with van der Waals surface area (Å²) in [5, 5.41) is 12.7. The summed E-state index contributed by atoms with van der Waals surface area (Å²) in [4.78, 5) is 7.27. The Bertz CT molecular complexity index is 698. The van der Waals surface area contributed by atoms with Gasteiger partial charge in [0.25, 0.3) is 0 Å². The van der Waals surface area contributed by atoms with Crippen LogP contribution in [0.15, 0.2) is 29.4 Å². The minimum absolute atomic E-state index is 0.722. The number of hydrogen-bond donors (Lipinski definition) is 1. The molecule has 7 heteroatoms. The smallest absolute Gasteiger partial charge is 0.193 e. The quantitative estimate of drug-likeness (QED) is 0.487. The van der Waals surface area contributed by atoms with Gasteiger partial charge in [0.2, 0.25) is 0 Å². The Balaban J connectivity index is 1.56. The molecule has 1 N–H and O–H groups in total. The fraction of sp³-hybridized carbons (Fsp3) is 0.611. The molecule has 0 bridgehead atoms. The number of guanidine groups is 1. The van der Waals surface area contributed by atoms with E-state index in [0.717, 1.165) is 61.7 Å². The summed E-state index contributed by atoms with van der Waals surface area (Å²) < 4.78 is 2.06. The topological polar surface area (TPSA) is 57.8 Å². The van der Waals surface area contributed by atoms with Gasteiger partial charge in [-0.25, -0.2) is 0 Å². The van der Waals surface area contributed by atoms with Crippen molar-refractivity contribution in [3.8, 4) is 0 Å². The van der Waals surface area contributed by atoms with Crippen molar-refractivity contribution >= 4 is 23.4 Å². The van der Waals surface area contributed by atoms with Crippen LogP contribution in [0.25, 0.3) is 5.65 Å². The van der Waals surface area contributed by atoms with Crippen molar-refractivity contribution in [2.24, 2.45) is 4.99 Å². The van der Waals surface area contributed by atoms with Crippen LogP contribution in [0.3, 0.4) is 0 Å². The number of nitrogens with one attached hydrogen (secondary N) is 1. The van der Waals surface area contributed by atoms with E-state index in [-0.39, 0.29) is 0 Å². The molecule has 1 saturated heterocycles. The molecule has 136 valence electrons. The van der Waals surface area contributed by atoms with Crippen molar-refractivity contribution in [1.29, 1.82) is 0 Å². The zero-order valence-corrected chi connectivity index (χ0v) is 16.0. The zero-order chi connectivity index (χ0) is 17.5. The van der Waals surface area contributed by atoms with E-state index in [2.05, 4.69) is 50.4 Å². The van der Waals surface area contributed by atoms with Crippen molar-refractivity contribution in [2.75, 3.05) is 31.9 Å². The van der Waals surface area contributed by atoms with Crippen molar-refractivity contribution in [2.45, 2.75) is 38.4 Å². The normalized spacial score (nSPS) is 18.7. The van der Waals surface area contributed by atoms with E-state index in [0.29, 0.717) is 0 Å². The maximum atomic E-state index is 4.85. The largest absolute Gasteiger partial charge is 0.357 e. The van der Waals surface area contributed by atoms with E-state index in [1.807, 2.05) is 24.4 Å². The second-order valence-corrected chi connectivity index (χ2v) is 7.64. The first-order valence-electron chi connectivity index (χ1n) is 9.25. The standard InChI is InChI=1S/C18H28N6S/c1-3-15-14-23(12-13-25-15)18(19-4-2)20-10-7-9-17-22-21-16-8-5-6-11-24(16)17/h5-6,8,11,15H,3-4,7,9-10,12-14H2,1-2H3,(H,19,20).